The lowest BCUT2D eigenvalue weighted by atomic mass is 10.1. The van der Waals surface area contributed by atoms with Gasteiger partial charge in [0.2, 0.25) is 0 Å². The second-order valence-corrected chi connectivity index (χ2v) is 17.1. The summed E-state index contributed by atoms with van der Waals surface area (Å²) < 4.78 is 69.9. The molecule has 12 nitrogen and oxygen atoms in total. The average Bonchev–Trinajstić information content (AvgIpc) is 3.18. The highest BCUT2D eigenvalue weighted by Crippen LogP contribution is 2.25. The minimum Gasteiger partial charge on any atom is -0.443 e. The molecule has 0 N–H and O–H groups in total. The number of benzene rings is 2. The lowest BCUT2D eigenvalue weighted by molar-refractivity contribution is 0.0382. The van der Waals surface area contributed by atoms with Crippen molar-refractivity contribution in [3.05, 3.63) is 107 Å². The molecule has 48 heavy (non-hydrogen) atoms. The third-order valence-corrected chi connectivity index (χ3v) is 10.6. The van der Waals surface area contributed by atoms with Crippen LogP contribution in [0.4, 0.5) is 9.59 Å². The van der Waals surface area contributed by atoms with Crippen molar-refractivity contribution in [3.63, 3.8) is 0 Å². The minimum atomic E-state index is -4.31. The molecular weight excluding hydrogens is 657 g/mol. The first-order valence-corrected chi connectivity index (χ1v) is 18.3. The van der Waals surface area contributed by atoms with Crippen LogP contribution in [-0.4, -0.2) is 83.6 Å². The van der Waals surface area contributed by atoms with Gasteiger partial charge in [-0.05, 0) is 63.8 Å². The molecule has 0 fully saturated rings. The summed E-state index contributed by atoms with van der Waals surface area (Å²) in [6, 6.07) is 18.1. The highest BCUT2D eigenvalue weighted by Gasteiger charge is 2.40. The molecule has 2 aromatic carbocycles. The Bertz CT molecular complexity index is 1650. The molecule has 0 saturated heterocycles. The van der Waals surface area contributed by atoms with Gasteiger partial charge in [-0.1, -0.05) is 85.0 Å². The molecule has 260 valence electrons. The standard InChI is InChI=1S/C34H44N4O8S2/c1-33(2,3)45-31(39)37-25-29(19-21-35(47(37,41)42)23-27-13-9-7-10-14-27)17-18-30-20-22-36(24-28-15-11-8-12-16-28)48(43,44)38(26-30)32(40)46-34(4,5)6/h7-20H,21-26H2,1-6H3. The number of carbonyl (C=O) groups is 2. The van der Waals surface area contributed by atoms with Crippen LogP contribution in [0.25, 0.3) is 0 Å². The van der Waals surface area contributed by atoms with Gasteiger partial charge in [-0.3, -0.25) is 0 Å². The summed E-state index contributed by atoms with van der Waals surface area (Å²) in [4.78, 5) is 26.5. The summed E-state index contributed by atoms with van der Waals surface area (Å²) >= 11 is 0. The first-order chi connectivity index (χ1) is 22.3. The lowest BCUT2D eigenvalue weighted by Crippen LogP contribution is -2.47. The molecule has 2 aliphatic rings. The highest BCUT2D eigenvalue weighted by molar-refractivity contribution is 7.87. The Kier molecular flexibility index (Phi) is 11.2. The quantitative estimate of drug-likeness (QED) is 0.392. The van der Waals surface area contributed by atoms with Crippen molar-refractivity contribution < 1.29 is 35.9 Å². The Balaban J connectivity index is 1.68. The minimum absolute atomic E-state index is 0.0288. The van der Waals surface area contributed by atoms with Gasteiger partial charge >= 0.3 is 32.6 Å². The molecular formula is C34H44N4O8S2. The second-order valence-electron chi connectivity index (χ2n) is 13.4. The van der Waals surface area contributed by atoms with Gasteiger partial charge in [0, 0.05) is 26.2 Å². The molecule has 0 aromatic heterocycles. The van der Waals surface area contributed by atoms with Gasteiger partial charge in [0.1, 0.15) is 11.2 Å². The zero-order valence-corrected chi connectivity index (χ0v) is 29.8. The van der Waals surface area contributed by atoms with Crippen LogP contribution in [0.3, 0.4) is 0 Å². The first-order valence-electron chi connectivity index (χ1n) is 15.5. The normalized spacial score (nSPS) is 19.2. The van der Waals surface area contributed by atoms with E-state index in [1.54, 1.807) is 114 Å². The number of hydrogen-bond acceptors (Lipinski definition) is 8. The summed E-state index contributed by atoms with van der Waals surface area (Å²) in [5.41, 5.74) is 0.525. The molecule has 2 amide bonds. The Morgan fingerprint density at radius 3 is 1.27 bits per heavy atom. The van der Waals surface area contributed by atoms with Crippen LogP contribution in [-0.2, 0) is 43.0 Å². The van der Waals surface area contributed by atoms with Crippen LogP contribution in [0.1, 0.15) is 52.7 Å². The smallest absolute Gasteiger partial charge is 0.425 e. The zero-order chi connectivity index (χ0) is 35.3. The molecule has 0 spiro atoms. The van der Waals surface area contributed by atoms with Crippen LogP contribution < -0.4 is 0 Å². The largest absolute Gasteiger partial charge is 0.443 e. The predicted molar refractivity (Wildman–Crippen MR) is 183 cm³/mol. The van der Waals surface area contributed by atoms with Crippen LogP contribution in [0, 0.1) is 0 Å². The summed E-state index contributed by atoms with van der Waals surface area (Å²) in [6.07, 6.45) is 4.60. The van der Waals surface area contributed by atoms with Crippen molar-refractivity contribution >= 4 is 32.6 Å². The third-order valence-electron chi connectivity index (χ3n) is 7.09. The zero-order valence-electron chi connectivity index (χ0n) is 28.2. The monoisotopic (exact) mass is 700 g/mol. The molecule has 0 atom stereocenters. The van der Waals surface area contributed by atoms with E-state index in [1.165, 1.54) is 8.61 Å². The maximum Gasteiger partial charge on any atom is 0.425 e. The van der Waals surface area contributed by atoms with Crippen LogP contribution in [0.15, 0.2) is 96.1 Å². The fourth-order valence-electron chi connectivity index (χ4n) is 4.79. The van der Waals surface area contributed by atoms with E-state index in [4.69, 9.17) is 9.47 Å². The second kappa shape index (κ2) is 14.6. The van der Waals surface area contributed by atoms with Crippen molar-refractivity contribution in [1.29, 1.82) is 0 Å². The van der Waals surface area contributed by atoms with E-state index in [0.717, 1.165) is 11.1 Å². The highest BCUT2D eigenvalue weighted by atomic mass is 32.2. The number of amides is 2. The van der Waals surface area contributed by atoms with Gasteiger partial charge in [-0.25, -0.2) is 9.59 Å². The molecule has 4 rings (SSSR count). The van der Waals surface area contributed by atoms with E-state index in [9.17, 15) is 26.4 Å². The predicted octanol–water partition coefficient (Wildman–Crippen LogP) is 5.39. The van der Waals surface area contributed by atoms with Crippen molar-refractivity contribution in [1.82, 2.24) is 17.2 Å². The van der Waals surface area contributed by atoms with Gasteiger partial charge in [0.25, 0.3) is 0 Å². The summed E-state index contributed by atoms with van der Waals surface area (Å²) in [5, 5.41) is 0. The molecule has 14 heteroatoms. The van der Waals surface area contributed by atoms with Crippen molar-refractivity contribution in [2.75, 3.05) is 26.2 Å². The van der Waals surface area contributed by atoms with E-state index >= 15 is 0 Å². The molecule has 0 saturated carbocycles. The van der Waals surface area contributed by atoms with Gasteiger partial charge in [0.15, 0.2) is 0 Å². The number of carbonyl (C=O) groups excluding carboxylic acids is 2. The summed E-state index contributed by atoms with van der Waals surface area (Å²) in [5.74, 6) is 0. The average molecular weight is 701 g/mol. The van der Waals surface area contributed by atoms with Gasteiger partial charge in [-0.2, -0.15) is 34.1 Å². The molecule has 0 radical (unpaired) electrons. The van der Waals surface area contributed by atoms with E-state index in [1.807, 2.05) is 12.1 Å². The molecule has 0 aliphatic carbocycles. The van der Waals surface area contributed by atoms with E-state index < -0.39 is 43.8 Å². The van der Waals surface area contributed by atoms with Crippen molar-refractivity contribution in [2.45, 2.75) is 65.8 Å². The number of rotatable bonds is 6. The Hall–Kier alpha value is -3.98. The number of ether oxygens (including phenoxy) is 2. The summed E-state index contributed by atoms with van der Waals surface area (Å²) in [7, 11) is -8.61. The van der Waals surface area contributed by atoms with Gasteiger partial charge in [0.05, 0.1) is 13.1 Å². The van der Waals surface area contributed by atoms with Gasteiger partial charge < -0.3 is 9.47 Å². The van der Waals surface area contributed by atoms with Gasteiger partial charge in [-0.15, -0.1) is 0 Å². The van der Waals surface area contributed by atoms with Crippen LogP contribution in [0.2, 0.25) is 0 Å². The Morgan fingerprint density at radius 2 is 0.958 bits per heavy atom. The fraction of sp³-hybridized carbons (Fsp3) is 0.412. The third kappa shape index (κ3) is 9.78. The van der Waals surface area contributed by atoms with E-state index in [-0.39, 0.29) is 39.3 Å². The SMILES string of the molecule is CC(C)(C)OC(=O)N1CC(C=CC2=CCN(Cc3ccccc3)S(=O)(=O)N(C(=O)OC(C)(C)C)C2)=CCN(Cc2ccccc2)S1(=O)=O. The Labute approximate surface area is 284 Å². The van der Waals surface area contributed by atoms with E-state index in [0.29, 0.717) is 19.8 Å². The number of hydrogen-bond donors (Lipinski definition) is 0. The molecule has 0 bridgehead atoms. The maximum atomic E-state index is 13.8. The molecule has 2 aliphatic heterocycles. The fourth-order valence-corrected chi connectivity index (χ4v) is 7.58. The topological polar surface area (TPSA) is 134 Å². The molecule has 2 heterocycles. The van der Waals surface area contributed by atoms with E-state index in [2.05, 4.69) is 0 Å². The Morgan fingerprint density at radius 1 is 0.625 bits per heavy atom. The maximum absolute atomic E-state index is 13.8. The van der Waals surface area contributed by atoms with Crippen LogP contribution >= 0.6 is 0 Å². The van der Waals surface area contributed by atoms with Crippen molar-refractivity contribution in [3.8, 4) is 0 Å². The molecule has 0 unspecified atom stereocenters. The van der Waals surface area contributed by atoms with Crippen molar-refractivity contribution in [2.24, 2.45) is 0 Å². The lowest BCUT2D eigenvalue weighted by Gasteiger charge is -2.30. The number of nitrogens with zero attached hydrogens (tertiary/aromatic N) is 4. The first kappa shape index (κ1) is 36.8. The van der Waals surface area contributed by atoms with Crippen LogP contribution in [0.5, 0.6) is 0 Å². The molecule has 2 aromatic rings. The summed E-state index contributed by atoms with van der Waals surface area (Å²) in [6.45, 7) is 9.27.